The molecule has 1 atom stereocenters. The van der Waals surface area contributed by atoms with Crippen molar-refractivity contribution in [2.45, 2.75) is 99.6 Å². The van der Waals surface area contributed by atoms with E-state index in [1.54, 1.807) is 40.7 Å². The number of amides is 6. The second-order valence-corrected chi connectivity index (χ2v) is 13.0. The highest BCUT2D eigenvalue weighted by molar-refractivity contribution is 6.00. The van der Waals surface area contributed by atoms with Gasteiger partial charge >= 0.3 is 5.97 Å². The molecule has 0 fully saturated rings. The molecule has 0 saturated carbocycles. The van der Waals surface area contributed by atoms with Gasteiger partial charge in [0.25, 0.3) is 5.91 Å². The van der Waals surface area contributed by atoms with Crippen molar-refractivity contribution in [3.05, 3.63) is 29.3 Å². The molecule has 0 bridgehead atoms. The Labute approximate surface area is 306 Å². The monoisotopic (exact) mass is 733 g/mol. The fourth-order valence-corrected chi connectivity index (χ4v) is 4.15. The van der Waals surface area contributed by atoms with E-state index in [-0.39, 0.29) is 79.3 Å². The van der Waals surface area contributed by atoms with E-state index in [9.17, 15) is 38.4 Å². The summed E-state index contributed by atoms with van der Waals surface area (Å²) in [6.07, 6.45) is 3.19. The smallest absolute Gasteiger partial charge is 0.308 e. The van der Waals surface area contributed by atoms with Gasteiger partial charge in [0.05, 0.1) is 19.0 Å². The van der Waals surface area contributed by atoms with Gasteiger partial charge in [0.1, 0.15) is 18.4 Å². The molecular formula is C36H59N7O9. The van der Waals surface area contributed by atoms with Gasteiger partial charge < -0.3 is 42.8 Å². The molecule has 9 N–H and O–H groups in total. The summed E-state index contributed by atoms with van der Waals surface area (Å²) in [5.41, 5.74) is 11.0. The van der Waals surface area contributed by atoms with Gasteiger partial charge in [-0.2, -0.15) is 0 Å². The Bertz CT molecular complexity index is 1360. The molecule has 1 aromatic rings. The Balaban J connectivity index is 0.00000484. The van der Waals surface area contributed by atoms with Crippen molar-refractivity contribution in [2.24, 2.45) is 29.2 Å². The van der Waals surface area contributed by atoms with Crippen LogP contribution in [0.4, 0.5) is 5.69 Å². The molecule has 0 aromatic heterocycles. The predicted octanol–water partition coefficient (Wildman–Crippen LogP) is 1.44. The van der Waals surface area contributed by atoms with E-state index >= 15 is 0 Å². The fraction of sp³-hybridized carbons (Fsp3) is 0.611. The van der Waals surface area contributed by atoms with Crippen LogP contribution in [0.2, 0.25) is 0 Å². The third kappa shape index (κ3) is 20.7. The number of hydrogen-bond acceptors (Lipinski definition) is 10. The summed E-state index contributed by atoms with van der Waals surface area (Å²) in [7, 11) is 0. The van der Waals surface area contributed by atoms with Gasteiger partial charge in [-0.15, -0.1) is 0 Å². The zero-order chi connectivity index (χ0) is 39.8. The second-order valence-electron chi connectivity index (χ2n) is 13.0. The van der Waals surface area contributed by atoms with E-state index in [1.165, 1.54) is 12.1 Å². The summed E-state index contributed by atoms with van der Waals surface area (Å²) in [5.74, 6) is -3.63. The predicted molar refractivity (Wildman–Crippen MR) is 196 cm³/mol. The molecule has 0 aliphatic heterocycles. The standard InChI is InChI=1S/C33H52N6O8.C3H7NO/c1-20(2)26(40)10-8-7-9-11-27(41)36-17-29(43)39-30(21(3)4)32(45)37-18-28(42)38-24-13-12-23(19-47-33(46)22(5)6)25(16-24)31(44)35-15-14-34;1-2-3(4)5/h12-13,16,20-22,30H,7-11,14-15,17-19,34H2,1-6H3,(H,35,44)(H,36,41)(H,37,45)(H,38,42)(H,39,43);2H2,1H3,(H2,4,5). The molecule has 52 heavy (non-hydrogen) atoms. The van der Waals surface area contributed by atoms with Crippen LogP contribution >= 0.6 is 0 Å². The van der Waals surface area contributed by atoms with Crippen LogP contribution in [0.5, 0.6) is 0 Å². The van der Waals surface area contributed by atoms with Gasteiger partial charge in [-0.1, -0.05) is 61.0 Å². The molecule has 0 aliphatic rings. The number of anilines is 1. The number of benzene rings is 1. The minimum Gasteiger partial charge on any atom is -0.461 e. The highest BCUT2D eigenvalue weighted by atomic mass is 16.5. The van der Waals surface area contributed by atoms with Crippen LogP contribution in [-0.2, 0) is 44.9 Å². The molecule has 292 valence electrons. The van der Waals surface area contributed by atoms with Crippen molar-refractivity contribution < 1.29 is 43.1 Å². The largest absolute Gasteiger partial charge is 0.461 e. The van der Waals surface area contributed by atoms with Crippen molar-refractivity contribution in [2.75, 3.05) is 31.5 Å². The van der Waals surface area contributed by atoms with Crippen LogP contribution in [0, 0.1) is 17.8 Å². The summed E-state index contributed by atoms with van der Waals surface area (Å²) < 4.78 is 5.26. The maximum atomic E-state index is 12.8. The van der Waals surface area contributed by atoms with Crippen molar-refractivity contribution in [1.29, 1.82) is 0 Å². The van der Waals surface area contributed by atoms with Crippen molar-refractivity contribution in [1.82, 2.24) is 21.3 Å². The molecule has 1 unspecified atom stereocenters. The lowest BCUT2D eigenvalue weighted by atomic mass is 10.0. The molecule has 6 amide bonds. The normalized spacial score (nSPS) is 11.1. The summed E-state index contributed by atoms with van der Waals surface area (Å²) in [5, 5.41) is 12.9. The zero-order valence-corrected chi connectivity index (χ0v) is 31.6. The molecule has 0 aliphatic carbocycles. The third-order valence-electron chi connectivity index (χ3n) is 7.36. The van der Waals surface area contributed by atoms with Gasteiger partial charge in [-0.05, 0) is 30.9 Å². The number of carbonyl (C=O) groups excluding carboxylic acids is 8. The van der Waals surface area contributed by atoms with Crippen molar-refractivity contribution in [3.63, 3.8) is 0 Å². The number of nitrogens with two attached hydrogens (primary N) is 2. The maximum absolute atomic E-state index is 12.8. The number of nitrogens with one attached hydrogen (secondary N) is 5. The summed E-state index contributed by atoms with van der Waals surface area (Å²) in [6.45, 7) is 11.8. The lowest BCUT2D eigenvalue weighted by Crippen LogP contribution is -2.52. The van der Waals surface area contributed by atoms with Gasteiger partial charge in [0.2, 0.25) is 29.5 Å². The van der Waals surface area contributed by atoms with Crippen molar-refractivity contribution in [3.8, 4) is 0 Å². The maximum Gasteiger partial charge on any atom is 0.308 e. The summed E-state index contributed by atoms with van der Waals surface area (Å²) >= 11 is 0. The van der Waals surface area contributed by atoms with Crippen LogP contribution in [0.1, 0.15) is 103 Å². The highest BCUT2D eigenvalue weighted by Gasteiger charge is 2.25. The summed E-state index contributed by atoms with van der Waals surface area (Å²) in [4.78, 5) is 96.0. The molecule has 0 saturated heterocycles. The average molecular weight is 734 g/mol. The van der Waals surface area contributed by atoms with E-state index in [0.717, 1.165) is 6.42 Å². The minimum absolute atomic E-state index is 0.000925. The quantitative estimate of drug-likeness (QED) is 0.0666. The molecule has 1 aromatic carbocycles. The highest BCUT2D eigenvalue weighted by Crippen LogP contribution is 2.18. The van der Waals surface area contributed by atoms with Crippen LogP contribution < -0.4 is 38.1 Å². The van der Waals surface area contributed by atoms with Crippen LogP contribution in [0.3, 0.4) is 0 Å². The number of rotatable bonds is 22. The number of ketones is 1. The Morgan fingerprint density at radius 2 is 1.38 bits per heavy atom. The van der Waals surface area contributed by atoms with E-state index < -0.39 is 42.2 Å². The lowest BCUT2D eigenvalue weighted by molar-refractivity contribution is -0.148. The average Bonchev–Trinajstić information content (AvgIpc) is 3.09. The Hall–Kier alpha value is -4.86. The number of Topliss-reactive ketones (excluding diaryl/α,β-unsaturated/α-hetero) is 1. The van der Waals surface area contributed by atoms with E-state index in [0.29, 0.717) is 31.2 Å². The number of unbranched alkanes of at least 4 members (excludes halogenated alkanes) is 2. The summed E-state index contributed by atoms with van der Waals surface area (Å²) in [6, 6.07) is 3.57. The molecule has 16 heteroatoms. The molecular weight excluding hydrogens is 674 g/mol. The first-order valence-corrected chi connectivity index (χ1v) is 17.7. The topological polar surface area (TPSA) is 258 Å². The van der Waals surface area contributed by atoms with E-state index in [4.69, 9.17) is 10.5 Å². The first-order chi connectivity index (χ1) is 24.4. The SMILES string of the molecule is CC(C)C(=O)CCCCCC(=O)NCC(=O)NC(C(=O)NCC(=O)Nc1ccc(COC(=O)C(C)C)c(C(=O)NCCN)c1)C(C)C.CCC(N)=O. The van der Waals surface area contributed by atoms with Gasteiger partial charge in [0, 0.05) is 55.1 Å². The van der Waals surface area contributed by atoms with Crippen LogP contribution in [0.15, 0.2) is 18.2 Å². The number of ether oxygens (including phenoxy) is 1. The van der Waals surface area contributed by atoms with Gasteiger partial charge in [-0.3, -0.25) is 38.4 Å². The van der Waals surface area contributed by atoms with E-state index in [1.807, 2.05) is 13.8 Å². The molecule has 16 nitrogen and oxygen atoms in total. The Morgan fingerprint density at radius 1 is 0.769 bits per heavy atom. The molecule has 0 heterocycles. The fourth-order valence-electron chi connectivity index (χ4n) is 4.15. The Morgan fingerprint density at radius 3 is 1.94 bits per heavy atom. The zero-order valence-electron chi connectivity index (χ0n) is 31.6. The Kier molecular flexibility index (Phi) is 23.6. The number of hydrogen-bond donors (Lipinski definition) is 7. The second kappa shape index (κ2) is 26.0. The first-order valence-electron chi connectivity index (χ1n) is 17.7. The first kappa shape index (κ1) is 47.1. The lowest BCUT2D eigenvalue weighted by Gasteiger charge is -2.22. The number of primary amides is 1. The van der Waals surface area contributed by atoms with E-state index in [2.05, 4.69) is 32.3 Å². The minimum atomic E-state index is -0.962. The van der Waals surface area contributed by atoms with Gasteiger partial charge in [0.15, 0.2) is 0 Å². The molecule has 0 radical (unpaired) electrons. The van der Waals surface area contributed by atoms with Crippen LogP contribution in [-0.4, -0.2) is 79.4 Å². The van der Waals surface area contributed by atoms with Gasteiger partial charge in [-0.25, -0.2) is 0 Å². The number of esters is 1. The third-order valence-corrected chi connectivity index (χ3v) is 7.36. The van der Waals surface area contributed by atoms with Crippen LogP contribution in [0.25, 0.3) is 0 Å². The molecule has 0 spiro atoms. The number of carbonyl (C=O) groups is 8. The molecule has 1 rings (SSSR count). The van der Waals surface area contributed by atoms with Crippen molar-refractivity contribution >= 4 is 52.9 Å².